The van der Waals surface area contributed by atoms with Gasteiger partial charge in [0.15, 0.2) is 0 Å². The Bertz CT molecular complexity index is 899. The Kier molecular flexibility index (Phi) is 4.58. The molecule has 0 saturated carbocycles. The van der Waals surface area contributed by atoms with Crippen LogP contribution in [-0.2, 0) is 11.2 Å². The summed E-state index contributed by atoms with van der Waals surface area (Å²) in [6.07, 6.45) is 8.29. The molecule has 1 atom stereocenters. The summed E-state index contributed by atoms with van der Waals surface area (Å²) < 4.78 is 0. The molecular formula is C19H16ClN5O. The van der Waals surface area contributed by atoms with Crippen molar-refractivity contribution in [2.24, 2.45) is 5.92 Å². The number of hydrogen-bond acceptors (Lipinski definition) is 5. The van der Waals surface area contributed by atoms with Crippen molar-refractivity contribution in [2.45, 2.75) is 12.8 Å². The monoisotopic (exact) mass is 365 g/mol. The van der Waals surface area contributed by atoms with Crippen molar-refractivity contribution < 1.29 is 4.79 Å². The van der Waals surface area contributed by atoms with Gasteiger partial charge in [-0.05, 0) is 42.7 Å². The van der Waals surface area contributed by atoms with Crippen molar-refractivity contribution in [3.05, 3.63) is 65.8 Å². The third kappa shape index (κ3) is 3.41. The van der Waals surface area contributed by atoms with Crippen molar-refractivity contribution in [1.29, 1.82) is 0 Å². The van der Waals surface area contributed by atoms with Crippen LogP contribution in [0.5, 0.6) is 0 Å². The van der Waals surface area contributed by atoms with E-state index in [0.717, 1.165) is 23.1 Å². The van der Waals surface area contributed by atoms with E-state index in [1.54, 1.807) is 35.8 Å². The third-order valence-electron chi connectivity index (χ3n) is 4.53. The number of carbonyl (C=O) groups is 1. The first-order valence-corrected chi connectivity index (χ1v) is 8.73. The molecule has 4 heterocycles. The van der Waals surface area contributed by atoms with E-state index in [0.29, 0.717) is 23.9 Å². The van der Waals surface area contributed by atoms with Crippen LogP contribution in [0.3, 0.4) is 0 Å². The van der Waals surface area contributed by atoms with Crippen LogP contribution in [0.2, 0.25) is 5.15 Å². The first-order valence-electron chi connectivity index (χ1n) is 8.35. The Morgan fingerprint density at radius 2 is 1.88 bits per heavy atom. The van der Waals surface area contributed by atoms with Gasteiger partial charge in [0.2, 0.25) is 5.91 Å². The second-order valence-electron chi connectivity index (χ2n) is 6.20. The lowest BCUT2D eigenvalue weighted by Crippen LogP contribution is -2.28. The second-order valence-corrected chi connectivity index (χ2v) is 6.59. The van der Waals surface area contributed by atoms with E-state index in [2.05, 4.69) is 20.2 Å². The van der Waals surface area contributed by atoms with E-state index >= 15 is 0 Å². The van der Waals surface area contributed by atoms with Gasteiger partial charge in [-0.3, -0.25) is 9.69 Å². The maximum absolute atomic E-state index is 12.8. The molecular weight excluding hydrogens is 350 g/mol. The van der Waals surface area contributed by atoms with Crippen LogP contribution in [0.25, 0.3) is 11.1 Å². The van der Waals surface area contributed by atoms with E-state index in [-0.39, 0.29) is 11.8 Å². The maximum atomic E-state index is 12.8. The summed E-state index contributed by atoms with van der Waals surface area (Å²) in [7, 11) is 0. The summed E-state index contributed by atoms with van der Waals surface area (Å²) in [5.74, 6) is 0.729. The average Bonchev–Trinajstić information content (AvgIpc) is 3.05. The fourth-order valence-electron chi connectivity index (χ4n) is 3.15. The van der Waals surface area contributed by atoms with E-state index in [1.807, 2.05) is 24.3 Å². The van der Waals surface area contributed by atoms with Gasteiger partial charge in [0.05, 0.1) is 12.4 Å². The SMILES string of the molecule is O=C1[C@H](Cc2ccc(Cl)nc2)CCN1c1ccc(-c2ccnnc2)cn1. The molecule has 4 rings (SSSR count). The number of hydrogen-bond donors (Lipinski definition) is 0. The van der Waals surface area contributed by atoms with Crippen LogP contribution in [-0.4, -0.2) is 32.6 Å². The minimum atomic E-state index is -0.0520. The molecule has 1 amide bonds. The lowest BCUT2D eigenvalue weighted by atomic mass is 9.99. The standard InChI is InChI=1S/C19H16ClN5O/c20-17-3-1-13(10-21-17)9-14-6-8-25(19(14)26)18-4-2-15(11-22-18)16-5-7-23-24-12-16/h1-5,7,10-12,14H,6,8-9H2/t14-/m0/s1. The fourth-order valence-corrected chi connectivity index (χ4v) is 3.26. The highest BCUT2D eigenvalue weighted by Crippen LogP contribution is 2.27. The van der Waals surface area contributed by atoms with Crippen LogP contribution in [0.15, 0.2) is 55.1 Å². The molecule has 0 spiro atoms. The molecule has 0 radical (unpaired) electrons. The van der Waals surface area contributed by atoms with Gasteiger partial charge in [-0.15, -0.1) is 0 Å². The van der Waals surface area contributed by atoms with Gasteiger partial charge < -0.3 is 0 Å². The van der Waals surface area contributed by atoms with Crippen LogP contribution in [0.1, 0.15) is 12.0 Å². The zero-order valence-corrected chi connectivity index (χ0v) is 14.7. The van der Waals surface area contributed by atoms with Crippen LogP contribution < -0.4 is 4.90 Å². The number of pyridine rings is 2. The molecule has 1 aliphatic rings. The summed E-state index contributed by atoms with van der Waals surface area (Å²) in [6.45, 7) is 0.674. The van der Waals surface area contributed by atoms with Gasteiger partial charge in [0.25, 0.3) is 0 Å². The summed E-state index contributed by atoms with van der Waals surface area (Å²) in [5.41, 5.74) is 2.90. The van der Waals surface area contributed by atoms with Crippen molar-refractivity contribution in [3.8, 4) is 11.1 Å². The number of halogens is 1. The van der Waals surface area contributed by atoms with E-state index in [9.17, 15) is 4.79 Å². The number of aromatic nitrogens is 4. The van der Waals surface area contributed by atoms with Gasteiger partial charge in [-0.25, -0.2) is 9.97 Å². The minimum absolute atomic E-state index is 0.0520. The molecule has 1 aliphatic heterocycles. The fraction of sp³-hybridized carbons (Fsp3) is 0.211. The lowest BCUT2D eigenvalue weighted by molar-refractivity contribution is -0.120. The van der Waals surface area contributed by atoms with E-state index in [4.69, 9.17) is 11.6 Å². The highest BCUT2D eigenvalue weighted by molar-refractivity contribution is 6.29. The van der Waals surface area contributed by atoms with Crippen molar-refractivity contribution in [3.63, 3.8) is 0 Å². The molecule has 3 aromatic heterocycles. The zero-order chi connectivity index (χ0) is 17.9. The molecule has 6 nitrogen and oxygen atoms in total. The molecule has 0 N–H and O–H groups in total. The summed E-state index contributed by atoms with van der Waals surface area (Å²) >= 11 is 5.82. The minimum Gasteiger partial charge on any atom is -0.297 e. The topological polar surface area (TPSA) is 71.9 Å². The highest BCUT2D eigenvalue weighted by Gasteiger charge is 2.33. The number of carbonyl (C=O) groups excluding carboxylic acids is 1. The molecule has 1 fully saturated rings. The van der Waals surface area contributed by atoms with Gasteiger partial charge in [-0.1, -0.05) is 17.7 Å². The first-order chi connectivity index (χ1) is 12.7. The van der Waals surface area contributed by atoms with Crippen LogP contribution >= 0.6 is 11.6 Å². The summed E-state index contributed by atoms with van der Waals surface area (Å²) in [5, 5.41) is 8.11. The molecule has 1 saturated heterocycles. The van der Waals surface area contributed by atoms with Gasteiger partial charge in [0.1, 0.15) is 11.0 Å². The molecule has 0 unspecified atom stereocenters. The van der Waals surface area contributed by atoms with E-state index < -0.39 is 0 Å². The molecule has 26 heavy (non-hydrogen) atoms. The summed E-state index contributed by atoms with van der Waals surface area (Å²) in [4.78, 5) is 23.1. The Hall–Kier alpha value is -2.86. The normalized spacial score (nSPS) is 16.9. The second kappa shape index (κ2) is 7.17. The Labute approximate surface area is 155 Å². The zero-order valence-electron chi connectivity index (χ0n) is 13.9. The largest absolute Gasteiger partial charge is 0.297 e. The highest BCUT2D eigenvalue weighted by atomic mass is 35.5. The first kappa shape index (κ1) is 16.6. The Balaban J connectivity index is 1.47. The van der Waals surface area contributed by atoms with Gasteiger partial charge in [0, 0.05) is 36.0 Å². The van der Waals surface area contributed by atoms with Gasteiger partial charge >= 0.3 is 0 Å². The number of rotatable bonds is 4. The molecule has 7 heteroatoms. The maximum Gasteiger partial charge on any atom is 0.231 e. The van der Waals surface area contributed by atoms with Gasteiger partial charge in [-0.2, -0.15) is 10.2 Å². The van der Waals surface area contributed by atoms with Crippen molar-refractivity contribution in [1.82, 2.24) is 20.2 Å². The Morgan fingerprint density at radius 1 is 1.00 bits per heavy atom. The Morgan fingerprint density at radius 3 is 2.58 bits per heavy atom. The number of nitrogens with zero attached hydrogens (tertiary/aromatic N) is 5. The predicted octanol–water partition coefficient (Wildman–Crippen LogP) is 3.18. The number of anilines is 1. The van der Waals surface area contributed by atoms with Crippen LogP contribution in [0, 0.1) is 5.92 Å². The number of amides is 1. The lowest BCUT2D eigenvalue weighted by Gasteiger charge is -2.16. The smallest absolute Gasteiger partial charge is 0.231 e. The average molecular weight is 366 g/mol. The van der Waals surface area contributed by atoms with Crippen molar-refractivity contribution >= 4 is 23.3 Å². The quantitative estimate of drug-likeness (QED) is 0.664. The third-order valence-corrected chi connectivity index (χ3v) is 4.75. The molecule has 0 aliphatic carbocycles. The van der Waals surface area contributed by atoms with Crippen molar-refractivity contribution in [2.75, 3.05) is 11.4 Å². The predicted molar refractivity (Wildman–Crippen MR) is 98.7 cm³/mol. The molecule has 130 valence electrons. The van der Waals surface area contributed by atoms with Crippen LogP contribution in [0.4, 0.5) is 5.82 Å². The van der Waals surface area contributed by atoms with E-state index in [1.165, 1.54) is 0 Å². The molecule has 3 aromatic rings. The molecule has 0 bridgehead atoms. The molecule has 0 aromatic carbocycles. The summed E-state index contributed by atoms with van der Waals surface area (Å²) in [6, 6.07) is 9.37.